The van der Waals surface area contributed by atoms with Crippen LogP contribution in [0.3, 0.4) is 0 Å². The van der Waals surface area contributed by atoms with Crippen LogP contribution in [0.1, 0.15) is 27.9 Å². The lowest BCUT2D eigenvalue weighted by Crippen LogP contribution is -2.60. The van der Waals surface area contributed by atoms with E-state index in [1.807, 2.05) is 0 Å². The lowest BCUT2D eigenvalue weighted by Gasteiger charge is -2.41. The summed E-state index contributed by atoms with van der Waals surface area (Å²) < 4.78 is 5.68. The number of aromatic carboxylic acids is 1. The van der Waals surface area contributed by atoms with Gasteiger partial charge in [-0.2, -0.15) is 0 Å². The molecule has 0 aliphatic carbocycles. The van der Waals surface area contributed by atoms with E-state index >= 15 is 0 Å². The van der Waals surface area contributed by atoms with Gasteiger partial charge in [0.2, 0.25) is 12.5 Å². The molecule has 4 N–H and O–H groups in total. The first kappa shape index (κ1) is 20.1. The number of hydrogen-bond donors (Lipinski definition) is 3. The maximum atomic E-state index is 12.0. The molecule has 1 aromatic rings. The van der Waals surface area contributed by atoms with Gasteiger partial charge in [0, 0.05) is 18.0 Å². The van der Waals surface area contributed by atoms with Crippen molar-refractivity contribution in [3.63, 3.8) is 0 Å². The molecule has 3 rings (SSSR count). The van der Waals surface area contributed by atoms with Gasteiger partial charge in [-0.1, -0.05) is 18.1 Å². The molecule has 11 heteroatoms. The molecule has 10 nitrogen and oxygen atoms in total. The fraction of sp³-hybridized carbons (Fsp3) is 0.471. The number of nitrogens with two attached hydrogens (primary N) is 1. The number of carboxylic acids is 2. The van der Waals surface area contributed by atoms with Crippen molar-refractivity contribution >= 4 is 24.4 Å². The molecule has 1 atom stereocenters. The minimum absolute atomic E-state index is 0.0309. The smallest absolute Gasteiger partial charge is 0.240 e. The van der Waals surface area contributed by atoms with Gasteiger partial charge in [0.15, 0.2) is 0 Å². The predicted molar refractivity (Wildman–Crippen MR) is 91.8 cm³/mol. The average Bonchev–Trinajstić information content (AvgIpc) is 2.54. The first-order chi connectivity index (χ1) is 13.1. The summed E-state index contributed by atoms with van der Waals surface area (Å²) in [5.41, 5.74) is 6.28. The summed E-state index contributed by atoms with van der Waals surface area (Å²) in [5.74, 6) is -3.43. The largest absolute Gasteiger partial charge is 0.583 e. The fourth-order valence-corrected chi connectivity index (χ4v) is 3.65. The second-order valence-electron chi connectivity index (χ2n) is 7.41. The Labute approximate surface area is 160 Å². The summed E-state index contributed by atoms with van der Waals surface area (Å²) >= 11 is 0. The molecule has 0 saturated carbocycles. The first-order valence-electron chi connectivity index (χ1n) is 8.97. The van der Waals surface area contributed by atoms with E-state index in [-0.39, 0.29) is 42.6 Å². The molecule has 152 valence electrons. The third-order valence-corrected chi connectivity index (χ3v) is 5.14. The number of hydrogen-bond acceptors (Lipinski definition) is 9. The highest BCUT2D eigenvalue weighted by Crippen LogP contribution is 2.34. The molecule has 1 aromatic carbocycles. The van der Waals surface area contributed by atoms with Gasteiger partial charge >= 0.3 is 0 Å². The van der Waals surface area contributed by atoms with Gasteiger partial charge in [-0.25, -0.2) is 0 Å². The standard InChI is InChI=1S/C17H22BN2O8/c19-12(5-14(21)22)16(23)20-7-10(8-20)28-13-2-1-9-3-4-18(26,27)6-11(9)15(13)17(24)25/h1-2,10,12,26-27H,3-8,19H2,(H,21,22)(H,24,25)/q-1/p-2/t12-/m0/s1. The van der Waals surface area contributed by atoms with Crippen LogP contribution in [0.25, 0.3) is 0 Å². The van der Waals surface area contributed by atoms with Gasteiger partial charge in [0.1, 0.15) is 11.9 Å². The zero-order valence-electron chi connectivity index (χ0n) is 15.0. The van der Waals surface area contributed by atoms with Gasteiger partial charge in [0.05, 0.1) is 25.1 Å². The van der Waals surface area contributed by atoms with Gasteiger partial charge < -0.3 is 45.2 Å². The summed E-state index contributed by atoms with van der Waals surface area (Å²) in [4.78, 5) is 35.5. The maximum absolute atomic E-state index is 12.0. The zero-order chi connectivity index (χ0) is 20.6. The Bertz CT molecular complexity index is 822. The average molecular weight is 391 g/mol. The van der Waals surface area contributed by atoms with E-state index in [2.05, 4.69) is 0 Å². The molecule has 1 amide bonds. The van der Waals surface area contributed by atoms with E-state index in [0.717, 1.165) is 0 Å². The third kappa shape index (κ3) is 4.11. The number of aryl methyl sites for hydroxylation is 1. The molecular formula is C17H20BN2O8-3. The fourth-order valence-electron chi connectivity index (χ4n) is 3.65. The molecule has 2 heterocycles. The Kier molecular flexibility index (Phi) is 5.33. The highest BCUT2D eigenvalue weighted by atomic mass is 16.5. The van der Waals surface area contributed by atoms with E-state index in [1.54, 1.807) is 6.07 Å². The summed E-state index contributed by atoms with van der Waals surface area (Å²) in [6.45, 7) is -2.43. The number of ether oxygens (including phenoxy) is 1. The van der Waals surface area contributed by atoms with Crippen LogP contribution < -0.4 is 20.7 Å². The zero-order valence-corrected chi connectivity index (χ0v) is 15.0. The van der Waals surface area contributed by atoms with Crippen LogP contribution in [0.4, 0.5) is 0 Å². The van der Waals surface area contributed by atoms with Gasteiger partial charge in [-0.15, -0.1) is 12.6 Å². The van der Waals surface area contributed by atoms with Crippen LogP contribution >= 0.6 is 0 Å². The molecule has 0 bridgehead atoms. The lowest BCUT2D eigenvalue weighted by atomic mass is 9.47. The topological polar surface area (TPSA) is 176 Å². The van der Waals surface area contributed by atoms with Crippen LogP contribution in [-0.4, -0.2) is 64.6 Å². The van der Waals surface area contributed by atoms with Crippen molar-refractivity contribution in [3.8, 4) is 5.75 Å². The number of nitrogens with zero attached hydrogens (tertiary/aromatic N) is 1. The number of benzene rings is 1. The van der Waals surface area contributed by atoms with E-state index in [4.69, 9.17) is 10.5 Å². The lowest BCUT2D eigenvalue weighted by molar-refractivity contribution is -0.306. The van der Waals surface area contributed by atoms with E-state index in [9.17, 15) is 34.6 Å². The van der Waals surface area contributed by atoms with Crippen molar-refractivity contribution in [1.82, 2.24) is 4.90 Å². The van der Waals surface area contributed by atoms with Gasteiger partial charge in [-0.3, -0.25) is 4.79 Å². The van der Waals surface area contributed by atoms with Crippen LogP contribution in [-0.2, 0) is 22.3 Å². The highest BCUT2D eigenvalue weighted by Gasteiger charge is 2.36. The normalized spacial score (nSPS) is 19.3. The van der Waals surface area contributed by atoms with Crippen molar-refractivity contribution in [2.45, 2.75) is 37.6 Å². The molecule has 1 saturated heterocycles. The van der Waals surface area contributed by atoms with E-state index in [1.165, 1.54) is 11.0 Å². The number of fused-ring (bicyclic) bond motifs is 1. The number of carboxylic acid groups (broad SMARTS) is 2. The Morgan fingerprint density at radius 3 is 2.57 bits per heavy atom. The van der Waals surface area contributed by atoms with Gasteiger partial charge in [-0.05, 0) is 11.6 Å². The number of carbonyl (C=O) groups is 3. The number of rotatable bonds is 6. The highest BCUT2D eigenvalue weighted by molar-refractivity contribution is 6.64. The molecule has 0 spiro atoms. The van der Waals surface area contributed by atoms with E-state index < -0.39 is 43.0 Å². The predicted octanol–water partition coefficient (Wildman–Crippen LogP) is -3.83. The van der Waals surface area contributed by atoms with E-state index in [0.29, 0.717) is 12.0 Å². The second-order valence-corrected chi connectivity index (χ2v) is 7.41. The quantitative estimate of drug-likeness (QED) is 0.410. The van der Waals surface area contributed by atoms with Crippen LogP contribution in [0.15, 0.2) is 12.1 Å². The number of amides is 1. The monoisotopic (exact) mass is 391 g/mol. The Hall–Kier alpha value is -2.63. The minimum Gasteiger partial charge on any atom is -0.583 e. The molecule has 2 aliphatic heterocycles. The van der Waals surface area contributed by atoms with Gasteiger partial charge in [0.25, 0.3) is 0 Å². The summed E-state index contributed by atoms with van der Waals surface area (Å²) in [7, 11) is 0. The molecule has 1 fully saturated rings. The van der Waals surface area contributed by atoms with Crippen molar-refractivity contribution < 1.29 is 39.4 Å². The Morgan fingerprint density at radius 1 is 1.29 bits per heavy atom. The van der Waals surface area contributed by atoms with Crippen molar-refractivity contribution in [2.24, 2.45) is 5.73 Å². The molecule has 0 unspecified atom stereocenters. The first-order valence-corrected chi connectivity index (χ1v) is 8.97. The second kappa shape index (κ2) is 7.42. The number of aliphatic carboxylic acids is 1. The number of carbonyl (C=O) groups excluding carboxylic acids is 3. The molecular weight excluding hydrogens is 371 g/mol. The van der Waals surface area contributed by atoms with Crippen LogP contribution in [0.2, 0.25) is 6.32 Å². The Balaban J connectivity index is 1.70. The number of likely N-dealkylation sites (tertiary alicyclic amines) is 1. The van der Waals surface area contributed by atoms with Crippen molar-refractivity contribution in [2.75, 3.05) is 13.1 Å². The Morgan fingerprint density at radius 2 is 1.96 bits per heavy atom. The van der Waals surface area contributed by atoms with Crippen LogP contribution in [0, 0.1) is 0 Å². The summed E-state index contributed by atoms with van der Waals surface area (Å²) in [6, 6.07) is 1.96. The molecule has 28 heavy (non-hydrogen) atoms. The third-order valence-electron chi connectivity index (χ3n) is 5.14. The maximum Gasteiger partial charge on any atom is 0.240 e. The molecule has 2 aliphatic rings. The SMILES string of the molecule is N[C@@H](CC(=O)[O-])C(=O)N1CC(Oc2ccc3c(c2C(=O)[O-])C[B-](O)(O)CC3)C1. The minimum atomic E-state index is -2.67. The molecule has 0 aromatic heterocycles. The van der Waals surface area contributed by atoms with Crippen LogP contribution in [0.5, 0.6) is 5.75 Å². The van der Waals surface area contributed by atoms with Crippen molar-refractivity contribution in [1.29, 1.82) is 0 Å². The summed E-state index contributed by atoms with van der Waals surface area (Å²) in [5, 5.41) is 42.1. The molecule has 0 radical (unpaired) electrons. The van der Waals surface area contributed by atoms with Crippen molar-refractivity contribution in [3.05, 3.63) is 28.8 Å². The summed E-state index contributed by atoms with van der Waals surface area (Å²) in [6.07, 6.45) is -0.788.